The average Bonchev–Trinajstić information content (AvgIpc) is 3.78. The molecule has 0 aliphatic rings. The lowest BCUT2D eigenvalue weighted by Gasteiger charge is -2.12. The Morgan fingerprint density at radius 2 is 0.885 bits per heavy atom. The van der Waals surface area contributed by atoms with Crippen molar-refractivity contribution in [3.8, 4) is 45.3 Å². The molecule has 0 bridgehead atoms. The number of benzene rings is 8. The highest BCUT2D eigenvalue weighted by Crippen LogP contribution is 2.41. The molecule has 0 N–H and O–H groups in total. The van der Waals surface area contributed by atoms with Gasteiger partial charge in [-0.2, -0.15) is 0 Å². The molecule has 0 fully saturated rings. The van der Waals surface area contributed by atoms with E-state index in [0.717, 1.165) is 82.5 Å². The monoisotopic (exact) mass is 665 g/mol. The van der Waals surface area contributed by atoms with Crippen LogP contribution in [-0.2, 0) is 0 Å². The Morgan fingerprint density at radius 3 is 1.73 bits per heavy atom. The van der Waals surface area contributed by atoms with E-state index < -0.39 is 0 Å². The molecule has 0 spiro atoms. The largest absolute Gasteiger partial charge is 0.456 e. The van der Waals surface area contributed by atoms with Gasteiger partial charge in [0.1, 0.15) is 22.3 Å². The van der Waals surface area contributed by atoms with E-state index in [9.17, 15) is 0 Å². The Morgan fingerprint density at radius 1 is 0.308 bits per heavy atom. The molecule has 8 aromatic carbocycles. The summed E-state index contributed by atoms with van der Waals surface area (Å²) in [6.45, 7) is 0. The maximum absolute atomic E-state index is 6.56. The minimum atomic E-state index is 0.562. The van der Waals surface area contributed by atoms with Crippen LogP contribution in [0.2, 0.25) is 0 Å². The second kappa shape index (κ2) is 11.2. The highest BCUT2D eigenvalue weighted by molar-refractivity contribution is 6.14. The maximum Gasteiger partial charge on any atom is 0.164 e. The fourth-order valence-electron chi connectivity index (χ4n) is 7.61. The highest BCUT2D eigenvalue weighted by atomic mass is 16.3. The van der Waals surface area contributed by atoms with Gasteiger partial charge in [-0.3, -0.25) is 0 Å². The van der Waals surface area contributed by atoms with Gasteiger partial charge in [0.2, 0.25) is 0 Å². The number of rotatable bonds is 4. The molecule has 11 aromatic rings. The van der Waals surface area contributed by atoms with Crippen LogP contribution >= 0.6 is 0 Å². The number of aromatic nitrogens is 3. The smallest absolute Gasteiger partial charge is 0.164 e. The van der Waals surface area contributed by atoms with Crippen molar-refractivity contribution in [2.45, 2.75) is 0 Å². The van der Waals surface area contributed by atoms with Crippen LogP contribution in [0.3, 0.4) is 0 Å². The molecule has 0 aliphatic carbocycles. The van der Waals surface area contributed by atoms with Crippen molar-refractivity contribution in [3.05, 3.63) is 164 Å². The summed E-state index contributed by atoms with van der Waals surface area (Å²) in [6.07, 6.45) is 0. The van der Waals surface area contributed by atoms with Gasteiger partial charge in [0.15, 0.2) is 17.5 Å². The Bertz CT molecular complexity index is 3200. The average molecular weight is 666 g/mol. The molecule has 0 saturated heterocycles. The van der Waals surface area contributed by atoms with Crippen molar-refractivity contribution in [1.82, 2.24) is 15.0 Å². The third-order valence-electron chi connectivity index (χ3n) is 10.1. The Hall–Kier alpha value is -7.11. The molecule has 0 aliphatic heterocycles. The molecule has 242 valence electrons. The normalized spacial score (nSPS) is 11.8. The van der Waals surface area contributed by atoms with Gasteiger partial charge in [-0.25, -0.2) is 15.0 Å². The number of fused-ring (bicyclic) bond motifs is 8. The van der Waals surface area contributed by atoms with E-state index >= 15 is 0 Å². The summed E-state index contributed by atoms with van der Waals surface area (Å²) in [5.41, 5.74) is 7.99. The Kier molecular flexibility index (Phi) is 6.18. The number of furan rings is 2. The van der Waals surface area contributed by atoms with Crippen LogP contribution in [0.4, 0.5) is 0 Å². The van der Waals surface area contributed by atoms with E-state index in [-0.39, 0.29) is 0 Å². The number of para-hydroxylation sites is 2. The summed E-state index contributed by atoms with van der Waals surface area (Å²) < 4.78 is 12.9. The van der Waals surface area contributed by atoms with Crippen LogP contribution in [0.25, 0.3) is 111 Å². The topological polar surface area (TPSA) is 65.0 Å². The second-order valence-electron chi connectivity index (χ2n) is 13.2. The van der Waals surface area contributed by atoms with Crippen LogP contribution in [-0.4, -0.2) is 15.0 Å². The van der Waals surface area contributed by atoms with Gasteiger partial charge in [0, 0.05) is 38.2 Å². The van der Waals surface area contributed by atoms with Gasteiger partial charge in [-0.15, -0.1) is 0 Å². The summed E-state index contributed by atoms with van der Waals surface area (Å²) in [6, 6.07) is 56.4. The standard InChI is InChI=1S/C47H27N3O2/c1-2-12-30-24-31(21-20-28(30)10-1)45-48-46(32-22-23-37-36-15-5-7-18-40(36)51-42(37)26-32)50-47(49-45)39-25-33(35-17-9-13-29-11-3-4-14-34(29)35)27-43-44(39)38-16-6-8-19-41(38)52-43/h1-27H. The molecule has 3 aromatic heterocycles. The minimum Gasteiger partial charge on any atom is -0.456 e. The van der Waals surface area contributed by atoms with E-state index in [4.69, 9.17) is 23.8 Å². The molecule has 5 heteroatoms. The first-order valence-electron chi connectivity index (χ1n) is 17.3. The summed E-state index contributed by atoms with van der Waals surface area (Å²) in [5.74, 6) is 1.72. The van der Waals surface area contributed by atoms with Crippen molar-refractivity contribution < 1.29 is 8.83 Å². The Balaban J connectivity index is 1.20. The lowest BCUT2D eigenvalue weighted by molar-refractivity contribution is 0.668. The molecule has 11 rings (SSSR count). The van der Waals surface area contributed by atoms with E-state index in [1.165, 1.54) is 10.8 Å². The van der Waals surface area contributed by atoms with E-state index in [0.29, 0.717) is 17.5 Å². The van der Waals surface area contributed by atoms with Gasteiger partial charge >= 0.3 is 0 Å². The van der Waals surface area contributed by atoms with Crippen molar-refractivity contribution in [2.24, 2.45) is 0 Å². The highest BCUT2D eigenvalue weighted by Gasteiger charge is 2.21. The SMILES string of the molecule is c1ccc2cc(-c3nc(-c4ccc5c(c4)oc4ccccc45)nc(-c4cc(-c5cccc6ccccc56)cc5oc6ccccc6c45)n3)ccc2c1. The molecule has 0 radical (unpaired) electrons. The number of hydrogen-bond donors (Lipinski definition) is 0. The summed E-state index contributed by atoms with van der Waals surface area (Å²) in [7, 11) is 0. The van der Waals surface area contributed by atoms with Crippen molar-refractivity contribution in [3.63, 3.8) is 0 Å². The number of nitrogens with zero attached hydrogens (tertiary/aromatic N) is 3. The van der Waals surface area contributed by atoms with Crippen molar-refractivity contribution in [2.75, 3.05) is 0 Å². The minimum absolute atomic E-state index is 0.562. The van der Waals surface area contributed by atoms with Gasteiger partial charge in [0.25, 0.3) is 0 Å². The van der Waals surface area contributed by atoms with Crippen LogP contribution < -0.4 is 0 Å². The molecule has 3 heterocycles. The van der Waals surface area contributed by atoms with Gasteiger partial charge in [-0.1, -0.05) is 121 Å². The predicted octanol–water partition coefficient (Wildman–Crippen LogP) is 12.6. The van der Waals surface area contributed by atoms with Crippen LogP contribution in [0, 0.1) is 0 Å². The maximum atomic E-state index is 6.56. The van der Waals surface area contributed by atoms with Crippen molar-refractivity contribution >= 4 is 65.4 Å². The fourth-order valence-corrected chi connectivity index (χ4v) is 7.61. The second-order valence-corrected chi connectivity index (χ2v) is 13.2. The lowest BCUT2D eigenvalue weighted by atomic mass is 9.94. The third kappa shape index (κ3) is 4.53. The summed E-state index contributed by atoms with van der Waals surface area (Å²) in [5, 5.41) is 8.73. The van der Waals surface area contributed by atoms with Gasteiger partial charge < -0.3 is 8.83 Å². The molecule has 5 nitrogen and oxygen atoms in total. The van der Waals surface area contributed by atoms with Gasteiger partial charge in [-0.05, 0) is 75.1 Å². The first-order valence-corrected chi connectivity index (χ1v) is 17.3. The molecule has 0 saturated carbocycles. The molecule has 52 heavy (non-hydrogen) atoms. The first kappa shape index (κ1) is 28.7. The zero-order chi connectivity index (χ0) is 34.2. The van der Waals surface area contributed by atoms with Crippen LogP contribution in [0.15, 0.2) is 173 Å². The predicted molar refractivity (Wildman–Crippen MR) is 211 cm³/mol. The molecular weight excluding hydrogens is 639 g/mol. The molecule has 0 unspecified atom stereocenters. The lowest BCUT2D eigenvalue weighted by Crippen LogP contribution is -2.01. The van der Waals surface area contributed by atoms with E-state index in [1.54, 1.807) is 0 Å². The zero-order valence-corrected chi connectivity index (χ0v) is 27.7. The molecular formula is C47H27N3O2. The van der Waals surface area contributed by atoms with E-state index in [2.05, 4.69) is 121 Å². The van der Waals surface area contributed by atoms with Crippen LogP contribution in [0.5, 0.6) is 0 Å². The third-order valence-corrected chi connectivity index (χ3v) is 10.1. The fraction of sp³-hybridized carbons (Fsp3) is 0. The molecule has 0 amide bonds. The molecule has 0 atom stereocenters. The number of hydrogen-bond acceptors (Lipinski definition) is 5. The first-order chi connectivity index (χ1) is 25.7. The van der Waals surface area contributed by atoms with Gasteiger partial charge in [0.05, 0.1) is 0 Å². The zero-order valence-electron chi connectivity index (χ0n) is 27.7. The quantitative estimate of drug-likeness (QED) is 0.187. The van der Waals surface area contributed by atoms with Crippen molar-refractivity contribution in [1.29, 1.82) is 0 Å². The summed E-state index contributed by atoms with van der Waals surface area (Å²) in [4.78, 5) is 15.6. The van der Waals surface area contributed by atoms with E-state index in [1.807, 2.05) is 42.5 Å². The Labute approximate surface area is 297 Å². The van der Waals surface area contributed by atoms with Crippen LogP contribution in [0.1, 0.15) is 0 Å². The summed E-state index contributed by atoms with van der Waals surface area (Å²) >= 11 is 0.